The molecule has 1 aromatic heterocycles. The van der Waals surface area contributed by atoms with Crippen LogP contribution in [0.3, 0.4) is 0 Å². The lowest BCUT2D eigenvalue weighted by Crippen LogP contribution is -2.52. The van der Waals surface area contributed by atoms with Crippen LogP contribution in [0.15, 0.2) is 29.4 Å². The second-order valence-corrected chi connectivity index (χ2v) is 9.15. The molecule has 3 heterocycles. The van der Waals surface area contributed by atoms with E-state index in [1.807, 2.05) is 23.1 Å². The van der Waals surface area contributed by atoms with Gasteiger partial charge in [0.25, 0.3) is 0 Å². The zero-order valence-electron chi connectivity index (χ0n) is 12.9. The fourth-order valence-corrected chi connectivity index (χ4v) is 5.58. The monoisotopic (exact) mass is 355 g/mol. The first kappa shape index (κ1) is 16.7. The highest BCUT2D eigenvalue weighted by atomic mass is 32.2. The smallest absolute Gasteiger partial charge is 0.233 e. The topological polar surface area (TPSA) is 70.6 Å². The summed E-state index contributed by atoms with van der Waals surface area (Å²) in [5.74, 6) is 1.10. The molecule has 0 N–H and O–H groups in total. The van der Waals surface area contributed by atoms with Gasteiger partial charge in [-0.1, -0.05) is 17.8 Å². The summed E-state index contributed by atoms with van der Waals surface area (Å²) in [6.45, 7) is 2.89. The van der Waals surface area contributed by atoms with Crippen LogP contribution in [-0.2, 0) is 14.6 Å². The number of rotatable bonds is 4. The molecule has 126 valence electrons. The number of sulfone groups is 1. The van der Waals surface area contributed by atoms with Crippen molar-refractivity contribution in [2.24, 2.45) is 0 Å². The number of carbonyl (C=O) groups is 1. The van der Waals surface area contributed by atoms with Gasteiger partial charge >= 0.3 is 0 Å². The average Bonchev–Trinajstić information content (AvgIpc) is 2.94. The van der Waals surface area contributed by atoms with E-state index in [1.54, 1.807) is 6.20 Å². The van der Waals surface area contributed by atoms with Gasteiger partial charge in [-0.3, -0.25) is 9.69 Å². The van der Waals surface area contributed by atoms with Gasteiger partial charge in [0.05, 0.1) is 22.3 Å². The zero-order chi connectivity index (χ0) is 16.3. The second kappa shape index (κ2) is 7.19. The van der Waals surface area contributed by atoms with E-state index in [1.165, 1.54) is 11.8 Å². The minimum absolute atomic E-state index is 0.124. The number of nitrogens with zero attached hydrogens (tertiary/aromatic N) is 3. The number of thioether (sulfide) groups is 1. The van der Waals surface area contributed by atoms with E-state index < -0.39 is 9.84 Å². The highest BCUT2D eigenvalue weighted by Gasteiger charge is 2.34. The molecule has 0 saturated carbocycles. The first-order valence-electron chi connectivity index (χ1n) is 7.79. The number of carbonyl (C=O) groups excluding carboxylic acids is 1. The molecule has 1 atom stereocenters. The predicted molar refractivity (Wildman–Crippen MR) is 90.2 cm³/mol. The summed E-state index contributed by atoms with van der Waals surface area (Å²) in [5, 5.41) is 0.857. The fourth-order valence-electron chi connectivity index (χ4n) is 3.06. The van der Waals surface area contributed by atoms with Crippen molar-refractivity contribution in [3.05, 3.63) is 24.4 Å². The second-order valence-electron chi connectivity index (χ2n) is 5.93. The largest absolute Gasteiger partial charge is 0.339 e. The van der Waals surface area contributed by atoms with Crippen LogP contribution in [0.2, 0.25) is 0 Å². The van der Waals surface area contributed by atoms with Crippen molar-refractivity contribution in [2.75, 3.05) is 43.4 Å². The van der Waals surface area contributed by atoms with Crippen LogP contribution >= 0.6 is 11.8 Å². The van der Waals surface area contributed by atoms with Crippen molar-refractivity contribution < 1.29 is 13.2 Å². The third kappa shape index (κ3) is 4.45. The molecule has 2 aliphatic heterocycles. The number of piperazine rings is 1. The molecule has 2 saturated heterocycles. The standard InChI is InChI=1S/C15H21N3O3S2/c19-15(11-22-14-3-1-2-5-16-14)18-8-6-17(7-9-18)13-4-10-23(20,21)12-13/h1-3,5,13H,4,6-12H2/t13-/m1/s1. The van der Waals surface area contributed by atoms with Crippen molar-refractivity contribution in [1.29, 1.82) is 0 Å². The normalized spacial score (nSPS) is 24.7. The van der Waals surface area contributed by atoms with Crippen LogP contribution in [0.4, 0.5) is 0 Å². The van der Waals surface area contributed by atoms with Crippen molar-refractivity contribution in [3.63, 3.8) is 0 Å². The first-order valence-corrected chi connectivity index (χ1v) is 10.6. The maximum atomic E-state index is 12.3. The van der Waals surface area contributed by atoms with Gasteiger partial charge in [-0.15, -0.1) is 0 Å². The van der Waals surface area contributed by atoms with E-state index >= 15 is 0 Å². The van der Waals surface area contributed by atoms with Gasteiger partial charge in [0.15, 0.2) is 9.84 Å². The molecule has 0 unspecified atom stereocenters. The minimum Gasteiger partial charge on any atom is -0.339 e. The van der Waals surface area contributed by atoms with Crippen LogP contribution in [0.5, 0.6) is 0 Å². The third-order valence-electron chi connectivity index (χ3n) is 4.37. The molecular formula is C15H21N3O3S2. The molecule has 2 aliphatic rings. The molecule has 8 heteroatoms. The number of pyridine rings is 1. The first-order chi connectivity index (χ1) is 11.0. The molecule has 0 spiro atoms. The number of amides is 1. The minimum atomic E-state index is -2.85. The summed E-state index contributed by atoms with van der Waals surface area (Å²) in [5.41, 5.74) is 0. The summed E-state index contributed by atoms with van der Waals surface area (Å²) in [6.07, 6.45) is 2.45. The molecule has 1 aromatic rings. The molecule has 0 aromatic carbocycles. The summed E-state index contributed by atoms with van der Waals surface area (Å²) < 4.78 is 23.2. The lowest BCUT2D eigenvalue weighted by molar-refractivity contribution is -0.130. The molecule has 0 radical (unpaired) electrons. The Morgan fingerprint density at radius 1 is 1.26 bits per heavy atom. The summed E-state index contributed by atoms with van der Waals surface area (Å²) in [6, 6.07) is 5.80. The molecular weight excluding hydrogens is 334 g/mol. The Balaban J connectivity index is 1.44. The summed E-state index contributed by atoms with van der Waals surface area (Å²) in [7, 11) is -2.85. The van der Waals surface area contributed by atoms with E-state index in [0.29, 0.717) is 24.6 Å². The molecule has 3 rings (SSSR count). The fraction of sp³-hybridized carbons (Fsp3) is 0.600. The molecule has 1 amide bonds. The third-order valence-corrected chi connectivity index (χ3v) is 7.05. The van der Waals surface area contributed by atoms with Crippen LogP contribution in [0.1, 0.15) is 6.42 Å². The Kier molecular flexibility index (Phi) is 5.23. The lowest BCUT2D eigenvalue weighted by Gasteiger charge is -2.37. The predicted octanol–water partition coefficient (Wildman–Crippen LogP) is 0.505. The van der Waals surface area contributed by atoms with Gasteiger partial charge in [0.2, 0.25) is 5.91 Å². The summed E-state index contributed by atoms with van der Waals surface area (Å²) in [4.78, 5) is 20.6. The SMILES string of the molecule is O=C(CSc1ccccn1)N1CCN([C@@H]2CCS(=O)(=O)C2)CC1. The van der Waals surface area contributed by atoms with Gasteiger partial charge in [0, 0.05) is 38.4 Å². The van der Waals surface area contributed by atoms with E-state index in [9.17, 15) is 13.2 Å². The van der Waals surface area contributed by atoms with Gasteiger partial charge in [-0.25, -0.2) is 13.4 Å². The molecule has 0 bridgehead atoms. The molecule has 0 aliphatic carbocycles. The maximum absolute atomic E-state index is 12.3. The number of hydrogen-bond donors (Lipinski definition) is 0. The van der Waals surface area contributed by atoms with Crippen LogP contribution in [-0.4, -0.2) is 78.6 Å². The number of aromatic nitrogens is 1. The maximum Gasteiger partial charge on any atom is 0.233 e. The Bertz CT molecular complexity index is 643. The van der Waals surface area contributed by atoms with Gasteiger partial charge in [-0.2, -0.15) is 0 Å². The Labute approximate surface area is 141 Å². The zero-order valence-corrected chi connectivity index (χ0v) is 14.6. The van der Waals surface area contributed by atoms with Crippen molar-refractivity contribution in [3.8, 4) is 0 Å². The molecule has 23 heavy (non-hydrogen) atoms. The summed E-state index contributed by atoms with van der Waals surface area (Å²) >= 11 is 1.45. The van der Waals surface area contributed by atoms with E-state index in [0.717, 1.165) is 24.5 Å². The van der Waals surface area contributed by atoms with Crippen molar-refractivity contribution in [1.82, 2.24) is 14.8 Å². The van der Waals surface area contributed by atoms with Gasteiger partial charge < -0.3 is 4.90 Å². The van der Waals surface area contributed by atoms with Crippen LogP contribution in [0.25, 0.3) is 0 Å². The highest BCUT2D eigenvalue weighted by Crippen LogP contribution is 2.20. The lowest BCUT2D eigenvalue weighted by atomic mass is 10.2. The van der Waals surface area contributed by atoms with Crippen LogP contribution in [0, 0.1) is 0 Å². The van der Waals surface area contributed by atoms with Crippen molar-refractivity contribution in [2.45, 2.75) is 17.5 Å². The van der Waals surface area contributed by atoms with Crippen molar-refractivity contribution >= 4 is 27.5 Å². The Hall–Kier alpha value is -1.12. The number of hydrogen-bond acceptors (Lipinski definition) is 6. The highest BCUT2D eigenvalue weighted by molar-refractivity contribution is 7.99. The molecule has 2 fully saturated rings. The van der Waals surface area contributed by atoms with Crippen LogP contribution < -0.4 is 0 Å². The average molecular weight is 355 g/mol. The quantitative estimate of drug-likeness (QED) is 0.733. The van der Waals surface area contributed by atoms with Gasteiger partial charge in [-0.05, 0) is 18.6 Å². The van der Waals surface area contributed by atoms with E-state index in [-0.39, 0.29) is 17.7 Å². The molecule has 6 nitrogen and oxygen atoms in total. The van der Waals surface area contributed by atoms with Gasteiger partial charge in [0.1, 0.15) is 0 Å². The van der Waals surface area contributed by atoms with E-state index in [2.05, 4.69) is 9.88 Å². The van der Waals surface area contributed by atoms with E-state index in [4.69, 9.17) is 0 Å². The Morgan fingerprint density at radius 3 is 2.65 bits per heavy atom. The Morgan fingerprint density at radius 2 is 2.04 bits per heavy atom.